The number of aromatic amines is 1. The number of carbonyl (C=O) groups excluding carboxylic acids is 1. The lowest BCUT2D eigenvalue weighted by molar-refractivity contribution is -0.113. The molecule has 0 aliphatic heterocycles. The van der Waals surface area contributed by atoms with Crippen molar-refractivity contribution in [1.29, 1.82) is 0 Å². The third-order valence-corrected chi connectivity index (χ3v) is 6.42. The molecule has 0 fully saturated rings. The predicted molar refractivity (Wildman–Crippen MR) is 106 cm³/mol. The third-order valence-electron chi connectivity index (χ3n) is 4.29. The van der Waals surface area contributed by atoms with Gasteiger partial charge in [-0.1, -0.05) is 0 Å². The van der Waals surface area contributed by atoms with Crippen molar-refractivity contribution in [2.75, 3.05) is 11.1 Å². The Morgan fingerprint density at radius 1 is 1.35 bits per heavy atom. The van der Waals surface area contributed by atoms with Crippen LogP contribution in [0.3, 0.4) is 0 Å². The van der Waals surface area contributed by atoms with E-state index in [0.717, 1.165) is 29.5 Å². The van der Waals surface area contributed by atoms with Crippen LogP contribution in [0.25, 0.3) is 10.2 Å². The smallest absolute Gasteiger partial charge is 0.259 e. The van der Waals surface area contributed by atoms with Gasteiger partial charge in [0.2, 0.25) is 5.91 Å². The van der Waals surface area contributed by atoms with Crippen LogP contribution in [0, 0.1) is 0 Å². The van der Waals surface area contributed by atoms with Gasteiger partial charge in [-0.25, -0.2) is 4.98 Å². The quantitative estimate of drug-likeness (QED) is 0.703. The van der Waals surface area contributed by atoms with E-state index in [-0.39, 0.29) is 17.2 Å². The summed E-state index contributed by atoms with van der Waals surface area (Å²) in [6, 6.07) is 3.56. The number of hydrogen-bond acceptors (Lipinski definition) is 6. The van der Waals surface area contributed by atoms with Gasteiger partial charge in [0, 0.05) is 11.1 Å². The van der Waals surface area contributed by atoms with Gasteiger partial charge in [-0.3, -0.25) is 14.6 Å². The third kappa shape index (κ3) is 3.66. The van der Waals surface area contributed by atoms with E-state index in [0.29, 0.717) is 17.3 Å². The van der Waals surface area contributed by atoms with Crippen LogP contribution in [0.4, 0.5) is 5.69 Å². The molecule has 0 spiro atoms. The zero-order chi connectivity index (χ0) is 17.9. The number of rotatable bonds is 5. The number of pyridine rings is 1. The molecule has 4 rings (SSSR count). The number of aromatic nitrogens is 3. The number of anilines is 1. The highest BCUT2D eigenvalue weighted by molar-refractivity contribution is 7.99. The van der Waals surface area contributed by atoms with Crippen molar-refractivity contribution in [1.82, 2.24) is 15.0 Å². The highest BCUT2D eigenvalue weighted by Gasteiger charge is 2.19. The van der Waals surface area contributed by atoms with Gasteiger partial charge in [-0.2, -0.15) is 0 Å². The van der Waals surface area contributed by atoms with E-state index >= 15 is 0 Å². The lowest BCUT2D eigenvalue weighted by atomic mass is 9.97. The number of nitrogens with zero attached hydrogens (tertiary/aromatic N) is 2. The predicted octanol–water partition coefficient (Wildman–Crippen LogP) is 3.13. The minimum Gasteiger partial charge on any atom is -0.324 e. The molecule has 0 saturated heterocycles. The maximum atomic E-state index is 12.5. The Morgan fingerprint density at radius 2 is 2.23 bits per heavy atom. The molecule has 3 aromatic heterocycles. The number of aryl methyl sites for hydroxylation is 2. The Balaban J connectivity index is 1.41. The first-order valence-electron chi connectivity index (χ1n) is 8.52. The summed E-state index contributed by atoms with van der Waals surface area (Å²) in [6.45, 7) is 0. The average molecular weight is 387 g/mol. The summed E-state index contributed by atoms with van der Waals surface area (Å²) in [4.78, 5) is 38.1. The summed E-state index contributed by atoms with van der Waals surface area (Å²) >= 11 is 3.07. The molecule has 0 unspecified atom stereocenters. The molecule has 0 saturated carbocycles. The van der Waals surface area contributed by atoms with E-state index in [9.17, 15) is 9.59 Å². The number of hydrogen-bond donors (Lipinski definition) is 2. The lowest BCUT2D eigenvalue weighted by Crippen LogP contribution is -2.15. The molecule has 3 aromatic rings. The van der Waals surface area contributed by atoms with Gasteiger partial charge in [-0.05, 0) is 43.4 Å². The van der Waals surface area contributed by atoms with Crippen molar-refractivity contribution in [3.8, 4) is 0 Å². The van der Waals surface area contributed by atoms with Crippen LogP contribution in [0.15, 0.2) is 29.3 Å². The van der Waals surface area contributed by atoms with Crippen LogP contribution >= 0.6 is 23.1 Å². The molecule has 8 heteroatoms. The van der Waals surface area contributed by atoms with Crippen molar-refractivity contribution >= 4 is 44.9 Å². The van der Waals surface area contributed by atoms with E-state index in [4.69, 9.17) is 0 Å². The van der Waals surface area contributed by atoms with Crippen molar-refractivity contribution in [2.45, 2.75) is 31.4 Å². The Hall–Kier alpha value is -2.19. The van der Waals surface area contributed by atoms with Gasteiger partial charge in [0.05, 0.1) is 28.8 Å². The highest BCUT2D eigenvalue weighted by atomic mass is 32.2. The number of carbonyl (C=O) groups is 1. The Labute approximate surface area is 158 Å². The number of nitrogens with one attached hydrogen (secondary N) is 2. The second-order valence-electron chi connectivity index (χ2n) is 6.19. The van der Waals surface area contributed by atoms with Crippen LogP contribution < -0.4 is 10.9 Å². The second kappa shape index (κ2) is 7.59. The number of thiophene rings is 1. The van der Waals surface area contributed by atoms with Gasteiger partial charge in [-0.15, -0.1) is 23.1 Å². The lowest BCUT2D eigenvalue weighted by Gasteiger charge is -2.09. The van der Waals surface area contributed by atoms with Crippen molar-refractivity contribution in [3.63, 3.8) is 0 Å². The molecular weight excluding hydrogens is 368 g/mol. The molecule has 0 bridgehead atoms. The monoisotopic (exact) mass is 386 g/mol. The van der Waals surface area contributed by atoms with Crippen molar-refractivity contribution in [3.05, 3.63) is 51.1 Å². The number of amides is 1. The minimum absolute atomic E-state index is 0.0511. The fourth-order valence-electron chi connectivity index (χ4n) is 3.15. The van der Waals surface area contributed by atoms with Crippen LogP contribution in [0.5, 0.6) is 0 Å². The molecule has 1 amide bonds. The number of thioether (sulfide) groups is 1. The molecule has 6 nitrogen and oxygen atoms in total. The minimum atomic E-state index is -0.0991. The maximum Gasteiger partial charge on any atom is 0.259 e. The van der Waals surface area contributed by atoms with Crippen LogP contribution in [-0.2, 0) is 23.4 Å². The van der Waals surface area contributed by atoms with Gasteiger partial charge < -0.3 is 10.3 Å². The Bertz CT molecular complexity index is 998. The maximum absolute atomic E-state index is 12.5. The fourth-order valence-corrected chi connectivity index (χ4v) is 5.12. The Morgan fingerprint density at radius 3 is 3.08 bits per heavy atom. The molecule has 0 aromatic carbocycles. The molecule has 1 aliphatic carbocycles. The highest BCUT2D eigenvalue weighted by Crippen LogP contribution is 2.33. The zero-order valence-electron chi connectivity index (χ0n) is 14.1. The first-order chi connectivity index (χ1) is 12.7. The summed E-state index contributed by atoms with van der Waals surface area (Å²) in [5.74, 6) is 1.31. The SMILES string of the molecule is O=C(CSCc1nc2sc3c(c2c(=O)[nH]1)CCCC3)Nc1cccnc1. The largest absolute Gasteiger partial charge is 0.324 e. The number of H-pyrrole nitrogens is 1. The summed E-state index contributed by atoms with van der Waals surface area (Å²) < 4.78 is 0. The summed E-state index contributed by atoms with van der Waals surface area (Å²) in [5.41, 5.74) is 1.82. The molecule has 134 valence electrons. The summed E-state index contributed by atoms with van der Waals surface area (Å²) in [5, 5.41) is 3.56. The molecule has 2 N–H and O–H groups in total. The fraction of sp³-hybridized carbons (Fsp3) is 0.333. The molecular formula is C18H18N4O2S2. The topological polar surface area (TPSA) is 87.7 Å². The van der Waals surface area contributed by atoms with Crippen LogP contribution in [-0.4, -0.2) is 26.6 Å². The summed E-state index contributed by atoms with van der Waals surface area (Å²) in [7, 11) is 0. The van der Waals surface area contributed by atoms with E-state index < -0.39 is 0 Å². The zero-order valence-corrected chi connectivity index (χ0v) is 15.7. The summed E-state index contributed by atoms with van der Waals surface area (Å²) in [6.07, 6.45) is 7.62. The van der Waals surface area contributed by atoms with Crippen LogP contribution in [0.1, 0.15) is 29.1 Å². The van der Waals surface area contributed by atoms with Gasteiger partial charge in [0.25, 0.3) is 5.56 Å². The first-order valence-corrected chi connectivity index (χ1v) is 10.5. The van der Waals surface area contributed by atoms with E-state index in [2.05, 4.69) is 20.3 Å². The van der Waals surface area contributed by atoms with Gasteiger partial charge in [0.15, 0.2) is 0 Å². The van der Waals surface area contributed by atoms with Gasteiger partial charge >= 0.3 is 0 Å². The van der Waals surface area contributed by atoms with Crippen molar-refractivity contribution < 1.29 is 4.79 Å². The molecule has 1 aliphatic rings. The Kier molecular flexibility index (Phi) is 5.03. The normalized spacial score (nSPS) is 13.5. The van der Waals surface area contributed by atoms with E-state index in [1.54, 1.807) is 35.9 Å². The molecule has 0 atom stereocenters. The molecule has 0 radical (unpaired) electrons. The van der Waals surface area contributed by atoms with E-state index in [1.165, 1.54) is 28.6 Å². The van der Waals surface area contributed by atoms with Crippen LogP contribution in [0.2, 0.25) is 0 Å². The molecule has 26 heavy (non-hydrogen) atoms. The standard InChI is InChI=1S/C18H18N4O2S2/c23-15(20-11-4-3-7-19-8-11)10-25-9-14-21-17(24)16-12-5-1-2-6-13(12)26-18(16)22-14/h3-4,7-8H,1-2,5-6,9-10H2,(H,20,23)(H,21,22,24). The van der Waals surface area contributed by atoms with Gasteiger partial charge in [0.1, 0.15) is 10.7 Å². The molecule has 3 heterocycles. The number of fused-ring (bicyclic) bond motifs is 3. The van der Waals surface area contributed by atoms with Crippen molar-refractivity contribution in [2.24, 2.45) is 0 Å². The first kappa shape index (κ1) is 17.2. The average Bonchev–Trinajstić information content (AvgIpc) is 3.01. The van der Waals surface area contributed by atoms with E-state index in [1.807, 2.05) is 0 Å². The second-order valence-corrected chi connectivity index (χ2v) is 8.26.